The molecule has 0 amide bonds. The molecule has 0 saturated carbocycles. The number of rotatable bonds is 4. The highest BCUT2D eigenvalue weighted by molar-refractivity contribution is 7.11. The van der Waals surface area contributed by atoms with Gasteiger partial charge in [-0.25, -0.2) is 9.79 Å². The minimum absolute atomic E-state index is 0.147. The van der Waals surface area contributed by atoms with Crippen molar-refractivity contribution in [1.82, 2.24) is 4.57 Å². The molecule has 1 aliphatic heterocycles. The van der Waals surface area contributed by atoms with Gasteiger partial charge in [-0.3, -0.25) is 9.36 Å². The Morgan fingerprint density at radius 2 is 1.93 bits per heavy atom. The Bertz CT molecular complexity index is 1320. The number of thiophene rings is 1. The zero-order chi connectivity index (χ0) is 21.4. The van der Waals surface area contributed by atoms with E-state index in [9.17, 15) is 9.59 Å². The first kappa shape index (κ1) is 20.5. The predicted molar refractivity (Wildman–Crippen MR) is 121 cm³/mol. The normalized spacial score (nSPS) is 16.4. The zero-order valence-electron chi connectivity index (χ0n) is 17.3. The van der Waals surface area contributed by atoms with Crippen LogP contribution < -0.4 is 14.9 Å². The third-order valence-electron chi connectivity index (χ3n) is 5.07. The summed E-state index contributed by atoms with van der Waals surface area (Å²) in [7, 11) is 0. The van der Waals surface area contributed by atoms with Gasteiger partial charge in [0, 0.05) is 4.88 Å². The second kappa shape index (κ2) is 8.16. The van der Waals surface area contributed by atoms with Crippen LogP contribution in [0.3, 0.4) is 0 Å². The number of nitrogens with zero attached hydrogens (tertiary/aromatic N) is 2. The largest absolute Gasteiger partial charge is 0.463 e. The maximum absolute atomic E-state index is 13.4. The minimum atomic E-state index is -0.563. The predicted octanol–water partition coefficient (Wildman–Crippen LogP) is 3.48. The smallest absolute Gasteiger partial charge is 0.338 e. The molecule has 0 bridgehead atoms. The average molecular weight is 439 g/mol. The monoisotopic (exact) mass is 438 g/mol. The van der Waals surface area contributed by atoms with E-state index >= 15 is 0 Å². The summed E-state index contributed by atoms with van der Waals surface area (Å²) in [5.74, 6) is -0.437. The van der Waals surface area contributed by atoms with Crippen LogP contribution in [-0.2, 0) is 9.53 Å². The first-order chi connectivity index (χ1) is 14.4. The summed E-state index contributed by atoms with van der Waals surface area (Å²) in [5, 5.41) is 2.01. The Kier molecular flexibility index (Phi) is 5.58. The molecule has 4 rings (SSSR count). The van der Waals surface area contributed by atoms with Crippen molar-refractivity contribution in [3.05, 3.63) is 88.2 Å². The molecule has 0 fully saturated rings. The number of fused-ring (bicyclic) bond motifs is 1. The highest BCUT2D eigenvalue weighted by Gasteiger charge is 2.33. The fourth-order valence-corrected chi connectivity index (χ4v) is 5.47. The highest BCUT2D eigenvalue weighted by Crippen LogP contribution is 2.30. The molecule has 2 aromatic heterocycles. The van der Waals surface area contributed by atoms with Crippen LogP contribution in [0.15, 0.2) is 56.8 Å². The number of aryl methyl sites for hydroxylation is 2. The maximum Gasteiger partial charge on any atom is 0.338 e. The minimum Gasteiger partial charge on any atom is -0.463 e. The van der Waals surface area contributed by atoms with Crippen LogP contribution in [0.2, 0.25) is 0 Å². The lowest BCUT2D eigenvalue weighted by Crippen LogP contribution is -2.39. The van der Waals surface area contributed by atoms with Crippen LogP contribution in [0, 0.1) is 13.8 Å². The Labute approximate surface area is 182 Å². The van der Waals surface area contributed by atoms with Crippen molar-refractivity contribution in [2.24, 2.45) is 4.99 Å². The Morgan fingerprint density at radius 1 is 1.20 bits per heavy atom. The van der Waals surface area contributed by atoms with E-state index in [0.717, 1.165) is 21.6 Å². The van der Waals surface area contributed by atoms with Gasteiger partial charge in [0.05, 0.1) is 28.5 Å². The number of carbonyl (C=O) groups excluding carboxylic acids is 1. The van der Waals surface area contributed by atoms with Gasteiger partial charge in [-0.2, -0.15) is 0 Å². The molecule has 0 spiro atoms. The molecule has 0 radical (unpaired) electrons. The topological polar surface area (TPSA) is 60.7 Å². The number of hydrogen-bond donors (Lipinski definition) is 0. The molecule has 1 aromatic carbocycles. The van der Waals surface area contributed by atoms with Crippen LogP contribution in [0.25, 0.3) is 6.08 Å². The Morgan fingerprint density at radius 3 is 2.57 bits per heavy atom. The summed E-state index contributed by atoms with van der Waals surface area (Å²) in [6, 6.07) is 9.35. The van der Waals surface area contributed by atoms with Crippen molar-refractivity contribution in [2.75, 3.05) is 6.61 Å². The van der Waals surface area contributed by atoms with Crippen molar-refractivity contribution < 1.29 is 9.53 Å². The Hall–Kier alpha value is -2.77. The first-order valence-electron chi connectivity index (χ1n) is 9.71. The number of allylic oxidation sites excluding steroid dienone is 1. The van der Waals surface area contributed by atoms with Gasteiger partial charge in [0.25, 0.3) is 5.56 Å². The molecule has 1 aliphatic rings. The second-order valence-corrected chi connectivity index (χ2v) is 9.14. The molecule has 0 aliphatic carbocycles. The fourth-order valence-electron chi connectivity index (χ4n) is 3.51. The van der Waals surface area contributed by atoms with Gasteiger partial charge in [0.1, 0.15) is 0 Å². The molecule has 7 heteroatoms. The summed E-state index contributed by atoms with van der Waals surface area (Å²) in [6.07, 6.45) is 1.92. The molecule has 30 heavy (non-hydrogen) atoms. The number of hydrogen-bond acceptors (Lipinski definition) is 6. The molecular formula is C23H22N2O3S2. The number of aromatic nitrogens is 1. The fraction of sp³-hybridized carbons (Fsp3) is 0.261. The molecule has 0 N–H and O–H groups in total. The van der Waals surface area contributed by atoms with Crippen molar-refractivity contribution in [2.45, 2.75) is 33.7 Å². The summed E-state index contributed by atoms with van der Waals surface area (Å²) in [4.78, 5) is 32.5. The third-order valence-corrected chi connectivity index (χ3v) is 7.02. The summed E-state index contributed by atoms with van der Waals surface area (Å²) in [6.45, 7) is 7.86. The van der Waals surface area contributed by atoms with Gasteiger partial charge in [-0.1, -0.05) is 41.2 Å². The molecule has 3 heterocycles. The lowest BCUT2D eigenvalue weighted by atomic mass is 9.95. The van der Waals surface area contributed by atoms with Gasteiger partial charge in [-0.15, -0.1) is 11.3 Å². The van der Waals surface area contributed by atoms with Gasteiger partial charge in [-0.05, 0) is 56.3 Å². The number of esters is 1. The lowest BCUT2D eigenvalue weighted by molar-refractivity contribution is -0.139. The van der Waals surface area contributed by atoms with E-state index < -0.39 is 12.0 Å². The SMILES string of the molecule is CCOC(=O)C1=C(C)N=c2s/c(=C/c3sccc3C)c(=O)n2[C@@H]1c1ccc(C)cc1. The van der Waals surface area contributed by atoms with Gasteiger partial charge in [0.2, 0.25) is 0 Å². The van der Waals surface area contributed by atoms with Crippen molar-refractivity contribution >= 4 is 34.7 Å². The van der Waals surface area contributed by atoms with E-state index in [1.165, 1.54) is 11.3 Å². The van der Waals surface area contributed by atoms with E-state index in [2.05, 4.69) is 4.99 Å². The van der Waals surface area contributed by atoms with Crippen molar-refractivity contribution in [3.8, 4) is 0 Å². The maximum atomic E-state index is 13.4. The van der Waals surface area contributed by atoms with Crippen molar-refractivity contribution in [1.29, 1.82) is 0 Å². The van der Waals surface area contributed by atoms with Gasteiger partial charge in [0.15, 0.2) is 4.80 Å². The standard InChI is InChI=1S/C23H22N2O3S2/c1-5-28-22(27)19-15(4)24-23-25(20(19)16-8-6-13(2)7-9-16)21(26)18(30-23)12-17-14(3)10-11-29-17/h6-12,20H,5H2,1-4H3/b18-12+/t20-/m1/s1. The van der Waals surface area contributed by atoms with Crippen LogP contribution in [0.4, 0.5) is 0 Å². The summed E-state index contributed by atoms with van der Waals surface area (Å²) in [5.41, 5.74) is 3.94. The van der Waals surface area contributed by atoms with Crippen LogP contribution >= 0.6 is 22.7 Å². The van der Waals surface area contributed by atoms with Crippen LogP contribution in [0.1, 0.15) is 41.5 Å². The van der Waals surface area contributed by atoms with E-state index in [0.29, 0.717) is 20.6 Å². The van der Waals surface area contributed by atoms with Crippen LogP contribution in [0.5, 0.6) is 0 Å². The first-order valence-corrected chi connectivity index (χ1v) is 11.4. The molecule has 154 valence electrons. The second-order valence-electron chi connectivity index (χ2n) is 7.18. The molecule has 0 unspecified atom stereocenters. The van der Waals surface area contributed by atoms with E-state index in [1.54, 1.807) is 29.8 Å². The van der Waals surface area contributed by atoms with E-state index in [1.807, 2.05) is 55.6 Å². The van der Waals surface area contributed by atoms with Crippen LogP contribution in [-0.4, -0.2) is 17.1 Å². The van der Waals surface area contributed by atoms with E-state index in [-0.39, 0.29) is 12.2 Å². The quantitative estimate of drug-likeness (QED) is 0.586. The number of ether oxygens (including phenoxy) is 1. The molecule has 1 atom stereocenters. The molecule has 3 aromatic rings. The average Bonchev–Trinajstić information content (AvgIpc) is 3.25. The number of thiazole rings is 1. The lowest BCUT2D eigenvalue weighted by Gasteiger charge is -2.24. The Balaban J connectivity index is 1.97. The summed E-state index contributed by atoms with van der Waals surface area (Å²) < 4.78 is 7.55. The van der Waals surface area contributed by atoms with Gasteiger partial charge < -0.3 is 4.74 Å². The number of carbonyl (C=O) groups is 1. The molecule has 0 saturated heterocycles. The highest BCUT2D eigenvalue weighted by atomic mass is 32.1. The molecular weight excluding hydrogens is 416 g/mol. The third kappa shape index (κ3) is 3.59. The molecule has 5 nitrogen and oxygen atoms in total. The zero-order valence-corrected chi connectivity index (χ0v) is 18.9. The van der Waals surface area contributed by atoms with Crippen molar-refractivity contribution in [3.63, 3.8) is 0 Å². The van der Waals surface area contributed by atoms with Gasteiger partial charge >= 0.3 is 5.97 Å². The summed E-state index contributed by atoms with van der Waals surface area (Å²) >= 11 is 2.95. The number of benzene rings is 1. The van der Waals surface area contributed by atoms with E-state index in [4.69, 9.17) is 4.74 Å².